The number of nitrogens with zero attached hydrogens (tertiary/aromatic N) is 1. The summed E-state index contributed by atoms with van der Waals surface area (Å²) >= 11 is 0. The first-order valence-corrected chi connectivity index (χ1v) is 18.9. The minimum Gasteiger partial charge on any atom is -0.456 e. The van der Waals surface area contributed by atoms with Gasteiger partial charge in [-0.2, -0.15) is 0 Å². The summed E-state index contributed by atoms with van der Waals surface area (Å²) in [6.45, 7) is 0. The Hall–Kier alpha value is -7.56. The van der Waals surface area contributed by atoms with Gasteiger partial charge in [0.1, 0.15) is 33.7 Å². The largest absolute Gasteiger partial charge is 0.456 e. The topological polar surface area (TPSA) is 42.7 Å². The van der Waals surface area contributed by atoms with E-state index in [1.807, 2.05) is 42.5 Å². The zero-order valence-electron chi connectivity index (χ0n) is 30.1. The van der Waals surface area contributed by atoms with Gasteiger partial charge in [-0.15, -0.1) is 0 Å². The number of furan rings is 3. The van der Waals surface area contributed by atoms with Crippen molar-refractivity contribution in [1.82, 2.24) is 0 Å². The minimum absolute atomic E-state index is 0.872. The molecule has 3 aromatic heterocycles. The molecule has 0 aliphatic carbocycles. The van der Waals surface area contributed by atoms with Crippen molar-refractivity contribution in [2.75, 3.05) is 4.90 Å². The van der Waals surface area contributed by atoms with Crippen LogP contribution in [0.25, 0.3) is 98.8 Å². The summed E-state index contributed by atoms with van der Waals surface area (Å²) in [5.74, 6) is 0.872. The molecule has 4 nitrogen and oxygen atoms in total. The van der Waals surface area contributed by atoms with E-state index in [-0.39, 0.29) is 0 Å². The lowest BCUT2D eigenvalue weighted by molar-refractivity contribution is 0.631. The van der Waals surface area contributed by atoms with E-state index in [0.29, 0.717) is 0 Å². The fraction of sp³-hybridized carbons (Fsp3) is 0. The predicted molar refractivity (Wildman–Crippen MR) is 231 cm³/mol. The van der Waals surface area contributed by atoms with Crippen LogP contribution in [-0.4, -0.2) is 0 Å². The molecule has 4 heteroatoms. The van der Waals surface area contributed by atoms with Crippen LogP contribution in [0.5, 0.6) is 0 Å². The molecule has 0 radical (unpaired) electrons. The average molecular weight is 718 g/mol. The fourth-order valence-corrected chi connectivity index (χ4v) is 8.48. The van der Waals surface area contributed by atoms with E-state index in [1.54, 1.807) is 0 Å². The molecule has 12 rings (SSSR count). The smallest absolute Gasteiger partial charge is 0.143 e. The third-order valence-corrected chi connectivity index (χ3v) is 11.3. The molecular formula is C52H31NO3. The van der Waals surface area contributed by atoms with E-state index < -0.39 is 0 Å². The number of benzene rings is 9. The Morgan fingerprint density at radius 2 is 0.750 bits per heavy atom. The first-order chi connectivity index (χ1) is 27.7. The maximum absolute atomic E-state index is 6.41. The van der Waals surface area contributed by atoms with Crippen LogP contribution in [0.15, 0.2) is 201 Å². The van der Waals surface area contributed by atoms with Crippen molar-refractivity contribution in [3.8, 4) is 22.5 Å². The SMILES string of the molecule is c1ccc2oc(-c3ccc(-c4ccc(N(c5ccc6c(ccc7c8ccccc8oc67)c5)c5ccc6c(ccc7c8ccccc8oc67)c5)cc4)cc3)cc2c1. The Bertz CT molecular complexity index is 3290. The first-order valence-electron chi connectivity index (χ1n) is 18.9. The standard InChI is InChI=1S/C52H31NO3/c1-4-10-47-37(7-1)31-50(54-47)34-15-13-32(14-16-34)33-17-21-38(22-18-33)53(39-23-27-41-35(29-39)19-25-45-43-8-2-5-11-48(43)55-51(41)45)40-24-28-42-36(30-40)20-26-46-44-9-3-6-12-49(44)56-52(42)46/h1-31H. The molecule has 0 N–H and O–H groups in total. The lowest BCUT2D eigenvalue weighted by atomic mass is 10.0. The molecule has 0 spiro atoms. The van der Waals surface area contributed by atoms with E-state index >= 15 is 0 Å². The number of hydrogen-bond acceptors (Lipinski definition) is 4. The van der Waals surface area contributed by atoms with Gasteiger partial charge in [0.05, 0.1) is 0 Å². The molecule has 9 aromatic carbocycles. The quantitative estimate of drug-likeness (QED) is 0.178. The monoisotopic (exact) mass is 717 g/mol. The van der Waals surface area contributed by atoms with Crippen molar-refractivity contribution in [1.29, 1.82) is 0 Å². The van der Waals surface area contributed by atoms with Gasteiger partial charge in [0.2, 0.25) is 0 Å². The van der Waals surface area contributed by atoms with Gasteiger partial charge in [-0.05, 0) is 107 Å². The van der Waals surface area contributed by atoms with E-state index in [0.717, 1.165) is 116 Å². The van der Waals surface area contributed by atoms with Gasteiger partial charge in [0, 0.05) is 60.3 Å². The van der Waals surface area contributed by atoms with Gasteiger partial charge in [-0.1, -0.05) is 103 Å². The van der Waals surface area contributed by atoms with Crippen molar-refractivity contribution in [3.63, 3.8) is 0 Å². The maximum atomic E-state index is 6.41. The zero-order chi connectivity index (χ0) is 36.7. The third-order valence-electron chi connectivity index (χ3n) is 11.3. The highest BCUT2D eigenvalue weighted by Crippen LogP contribution is 2.42. The van der Waals surface area contributed by atoms with Gasteiger partial charge in [-0.3, -0.25) is 0 Å². The van der Waals surface area contributed by atoms with Crippen molar-refractivity contribution < 1.29 is 13.3 Å². The normalized spacial score (nSPS) is 11.9. The molecule has 56 heavy (non-hydrogen) atoms. The minimum atomic E-state index is 0.872. The van der Waals surface area contributed by atoms with Crippen LogP contribution in [0.2, 0.25) is 0 Å². The summed E-state index contributed by atoms with van der Waals surface area (Å²) < 4.78 is 19.0. The summed E-state index contributed by atoms with van der Waals surface area (Å²) in [5.41, 5.74) is 11.0. The second kappa shape index (κ2) is 12.0. The Morgan fingerprint density at radius 3 is 1.32 bits per heavy atom. The second-order valence-corrected chi connectivity index (χ2v) is 14.5. The summed E-state index contributed by atoms with van der Waals surface area (Å²) in [4.78, 5) is 2.33. The highest BCUT2D eigenvalue weighted by Gasteiger charge is 2.18. The van der Waals surface area contributed by atoms with Gasteiger partial charge in [-0.25, -0.2) is 0 Å². The number of hydrogen-bond donors (Lipinski definition) is 0. The molecule has 0 unspecified atom stereocenters. The van der Waals surface area contributed by atoms with Crippen molar-refractivity contribution in [3.05, 3.63) is 188 Å². The summed E-state index contributed by atoms with van der Waals surface area (Å²) in [6, 6.07) is 66.2. The van der Waals surface area contributed by atoms with Crippen LogP contribution in [-0.2, 0) is 0 Å². The molecule has 3 heterocycles. The van der Waals surface area contributed by atoms with E-state index in [1.165, 1.54) is 0 Å². The Balaban J connectivity index is 0.964. The molecule has 0 bridgehead atoms. The zero-order valence-corrected chi connectivity index (χ0v) is 30.1. The molecule has 0 atom stereocenters. The fourth-order valence-electron chi connectivity index (χ4n) is 8.48. The number of fused-ring (bicyclic) bond motifs is 11. The third kappa shape index (κ3) is 4.79. The van der Waals surface area contributed by atoms with Crippen LogP contribution in [0.4, 0.5) is 17.1 Å². The Labute approximate surface area is 321 Å². The number of anilines is 3. The van der Waals surface area contributed by atoms with Crippen molar-refractivity contribution in [2.24, 2.45) is 0 Å². The molecule has 0 saturated heterocycles. The van der Waals surface area contributed by atoms with E-state index in [2.05, 4.69) is 150 Å². The van der Waals surface area contributed by atoms with E-state index in [4.69, 9.17) is 13.3 Å². The van der Waals surface area contributed by atoms with E-state index in [9.17, 15) is 0 Å². The molecule has 0 saturated carbocycles. The van der Waals surface area contributed by atoms with Gasteiger partial charge >= 0.3 is 0 Å². The summed E-state index contributed by atoms with van der Waals surface area (Å²) in [5, 5.41) is 10.0. The van der Waals surface area contributed by atoms with Crippen LogP contribution in [0, 0.1) is 0 Å². The highest BCUT2D eigenvalue weighted by atomic mass is 16.3. The molecule has 0 amide bonds. The Kier molecular flexibility index (Phi) is 6.60. The van der Waals surface area contributed by atoms with Crippen molar-refractivity contribution in [2.45, 2.75) is 0 Å². The summed E-state index contributed by atoms with van der Waals surface area (Å²) in [7, 11) is 0. The lowest BCUT2D eigenvalue weighted by Crippen LogP contribution is -2.10. The van der Waals surface area contributed by atoms with Gasteiger partial charge in [0.25, 0.3) is 0 Å². The van der Waals surface area contributed by atoms with Crippen LogP contribution >= 0.6 is 0 Å². The lowest BCUT2D eigenvalue weighted by Gasteiger charge is -2.26. The average Bonchev–Trinajstić information content (AvgIpc) is 3.98. The van der Waals surface area contributed by atoms with Gasteiger partial charge < -0.3 is 18.2 Å². The number of rotatable bonds is 5. The molecule has 0 aliphatic rings. The number of para-hydroxylation sites is 3. The predicted octanol–water partition coefficient (Wildman–Crippen LogP) is 15.3. The molecule has 12 aromatic rings. The van der Waals surface area contributed by atoms with Gasteiger partial charge in [0.15, 0.2) is 0 Å². The summed E-state index contributed by atoms with van der Waals surface area (Å²) in [6.07, 6.45) is 0. The molecule has 0 fully saturated rings. The molecular weight excluding hydrogens is 687 g/mol. The first kappa shape index (κ1) is 30.9. The second-order valence-electron chi connectivity index (χ2n) is 14.5. The highest BCUT2D eigenvalue weighted by molar-refractivity contribution is 6.17. The Morgan fingerprint density at radius 1 is 0.286 bits per heavy atom. The maximum Gasteiger partial charge on any atom is 0.143 e. The molecule has 0 aliphatic heterocycles. The molecule has 262 valence electrons. The van der Waals surface area contributed by atoms with Crippen LogP contribution < -0.4 is 4.90 Å². The van der Waals surface area contributed by atoms with Crippen LogP contribution in [0.3, 0.4) is 0 Å². The van der Waals surface area contributed by atoms with Crippen LogP contribution in [0.1, 0.15) is 0 Å². The van der Waals surface area contributed by atoms with Crippen molar-refractivity contribution >= 4 is 93.5 Å².